The molecule has 11 heteroatoms. The average molecular weight is 667 g/mol. The van der Waals surface area contributed by atoms with Gasteiger partial charge in [0.15, 0.2) is 31.8 Å². The van der Waals surface area contributed by atoms with Gasteiger partial charge in [-0.15, -0.1) is 0 Å². The molecule has 0 spiro atoms. The number of aliphatic hydroxyl groups is 1. The Morgan fingerprint density at radius 1 is 0.870 bits per heavy atom. The van der Waals surface area contributed by atoms with Gasteiger partial charge in [-0.1, -0.05) is 62.9 Å². The molecule has 4 aromatic rings. The molecule has 46 heavy (non-hydrogen) atoms. The van der Waals surface area contributed by atoms with E-state index in [-0.39, 0.29) is 11.8 Å². The van der Waals surface area contributed by atoms with Crippen LogP contribution in [-0.2, 0) is 16.2 Å². The summed E-state index contributed by atoms with van der Waals surface area (Å²) in [6, 6.07) is 21.1. The van der Waals surface area contributed by atoms with E-state index in [1.165, 1.54) is 11.8 Å². The van der Waals surface area contributed by atoms with Crippen molar-refractivity contribution < 1.29 is 33.2 Å². The monoisotopic (exact) mass is 666 g/mol. The van der Waals surface area contributed by atoms with Gasteiger partial charge in [-0.2, -0.15) is 0 Å². The van der Waals surface area contributed by atoms with Gasteiger partial charge in [0.05, 0.1) is 32.7 Å². The fourth-order valence-corrected chi connectivity index (χ4v) is 6.84. The van der Waals surface area contributed by atoms with E-state index in [0.29, 0.717) is 50.7 Å². The van der Waals surface area contributed by atoms with Crippen molar-refractivity contribution >= 4 is 20.1 Å². The van der Waals surface area contributed by atoms with Gasteiger partial charge < -0.3 is 37.8 Å². The maximum atomic E-state index is 12.0. The van der Waals surface area contributed by atoms with Gasteiger partial charge in [-0.3, -0.25) is 0 Å². The third-order valence-electron chi connectivity index (χ3n) is 8.37. The number of rotatable bonds is 14. The van der Waals surface area contributed by atoms with Crippen LogP contribution in [-0.4, -0.2) is 58.2 Å². The number of aromatic nitrogens is 2. The maximum absolute atomic E-state index is 12.0. The van der Waals surface area contributed by atoms with Crippen molar-refractivity contribution in [3.63, 3.8) is 0 Å². The van der Waals surface area contributed by atoms with Gasteiger partial charge >= 0.3 is 0 Å². The lowest BCUT2D eigenvalue weighted by atomic mass is 9.98. The quantitative estimate of drug-likeness (QED) is 0.107. The van der Waals surface area contributed by atoms with E-state index in [9.17, 15) is 5.11 Å². The highest BCUT2D eigenvalue weighted by molar-refractivity contribution is 7.99. The van der Waals surface area contributed by atoms with Crippen molar-refractivity contribution in [3.05, 3.63) is 89.2 Å². The van der Waals surface area contributed by atoms with Crippen LogP contribution < -0.4 is 18.9 Å². The summed E-state index contributed by atoms with van der Waals surface area (Å²) in [5.74, 6) is 2.05. The highest BCUT2D eigenvalue weighted by Gasteiger charge is 2.43. The molecule has 1 N–H and O–H groups in total. The highest BCUT2D eigenvalue weighted by Crippen LogP contribution is 2.50. The second kappa shape index (κ2) is 15.0. The van der Waals surface area contributed by atoms with E-state index >= 15 is 0 Å². The predicted octanol–water partition coefficient (Wildman–Crippen LogP) is 7.77. The lowest BCUT2D eigenvalue weighted by Crippen LogP contribution is -2.42. The van der Waals surface area contributed by atoms with Crippen LogP contribution in [0, 0.1) is 0 Å². The summed E-state index contributed by atoms with van der Waals surface area (Å²) >= 11 is 1.52. The first-order valence-corrected chi connectivity index (χ1v) is 18.7. The fraction of sp³-hybridized carbons (Fsp3) is 0.400. The molecule has 2 unspecified atom stereocenters. The van der Waals surface area contributed by atoms with Gasteiger partial charge in [-0.25, -0.2) is 4.98 Å². The van der Waals surface area contributed by atoms with E-state index in [1.54, 1.807) is 28.4 Å². The summed E-state index contributed by atoms with van der Waals surface area (Å²) in [6.07, 6.45) is -1.77. The standard InChI is InChI=1S/C35H46N2O7SSi/c1-35(2,3)46(9,10)44-31(26-20-21-27(41-7)33(42-8)32(26)43-22-39-5)29-28(30(38)23-16-18-24(40-6)19-17-23)36-34(37(29)4)45-25-14-12-11-13-15-25/h11-21,30-31,38H,22H2,1-10H3. The minimum atomic E-state index is -2.48. The molecule has 0 saturated carbocycles. The molecule has 3 aromatic carbocycles. The molecule has 1 heterocycles. The Morgan fingerprint density at radius 2 is 1.54 bits per heavy atom. The fourth-order valence-electron chi connectivity index (χ4n) is 4.78. The summed E-state index contributed by atoms with van der Waals surface area (Å²) in [4.78, 5) is 6.11. The molecule has 0 aliphatic rings. The minimum absolute atomic E-state index is 0.0227. The van der Waals surface area contributed by atoms with E-state index in [2.05, 4.69) is 33.9 Å². The zero-order chi connectivity index (χ0) is 33.6. The summed E-state index contributed by atoms with van der Waals surface area (Å²) < 4.78 is 37.7. The summed E-state index contributed by atoms with van der Waals surface area (Å²) in [6.45, 7) is 11.0. The molecule has 248 valence electrons. The molecule has 0 bridgehead atoms. The number of benzene rings is 3. The second-order valence-electron chi connectivity index (χ2n) is 12.3. The molecule has 2 atom stereocenters. The first-order chi connectivity index (χ1) is 21.9. The van der Waals surface area contributed by atoms with E-state index in [4.69, 9.17) is 33.1 Å². The van der Waals surface area contributed by atoms with Crippen molar-refractivity contribution in [1.29, 1.82) is 0 Å². The van der Waals surface area contributed by atoms with E-state index < -0.39 is 20.5 Å². The molecule has 0 aliphatic carbocycles. The first-order valence-electron chi connectivity index (χ1n) is 15.0. The zero-order valence-corrected chi connectivity index (χ0v) is 30.2. The molecular formula is C35H46N2O7SSi. The highest BCUT2D eigenvalue weighted by atomic mass is 32.2. The smallest absolute Gasteiger partial charge is 0.203 e. The Balaban J connectivity index is 2.03. The van der Waals surface area contributed by atoms with Gasteiger partial charge in [0.25, 0.3) is 0 Å². The third-order valence-corrected chi connectivity index (χ3v) is 13.9. The lowest BCUT2D eigenvalue weighted by Gasteiger charge is -2.40. The Kier molecular flexibility index (Phi) is 11.5. The topological polar surface area (TPSA) is 93.4 Å². The van der Waals surface area contributed by atoms with E-state index in [0.717, 1.165) is 4.90 Å². The van der Waals surface area contributed by atoms with Crippen molar-refractivity contribution in [3.8, 4) is 23.0 Å². The third kappa shape index (κ3) is 7.55. The van der Waals surface area contributed by atoms with Crippen LogP contribution in [0.4, 0.5) is 0 Å². The number of imidazole rings is 1. The number of aliphatic hydroxyl groups excluding tert-OH is 1. The van der Waals surface area contributed by atoms with Gasteiger partial charge in [0.2, 0.25) is 5.75 Å². The number of methoxy groups -OCH3 is 4. The summed E-state index contributed by atoms with van der Waals surface area (Å²) in [5.41, 5.74) is 2.54. The van der Waals surface area contributed by atoms with Crippen LogP contribution in [0.1, 0.15) is 55.5 Å². The predicted molar refractivity (Wildman–Crippen MR) is 183 cm³/mol. The van der Waals surface area contributed by atoms with Gasteiger partial charge in [0.1, 0.15) is 18.0 Å². The van der Waals surface area contributed by atoms with E-state index in [1.807, 2.05) is 78.3 Å². The van der Waals surface area contributed by atoms with Crippen molar-refractivity contribution in [2.75, 3.05) is 35.2 Å². The maximum Gasteiger partial charge on any atom is 0.203 e. The number of nitrogens with zero attached hydrogens (tertiary/aromatic N) is 2. The Hall–Kier alpha value is -3.48. The lowest BCUT2D eigenvalue weighted by molar-refractivity contribution is 0.0464. The van der Waals surface area contributed by atoms with Crippen molar-refractivity contribution in [1.82, 2.24) is 9.55 Å². The minimum Gasteiger partial charge on any atom is -0.497 e. The Labute approximate surface area is 277 Å². The van der Waals surface area contributed by atoms with Crippen molar-refractivity contribution in [2.45, 2.75) is 61.2 Å². The number of ether oxygens (including phenoxy) is 5. The molecule has 1 aromatic heterocycles. The van der Waals surface area contributed by atoms with Crippen LogP contribution in [0.5, 0.6) is 23.0 Å². The normalized spacial score (nSPS) is 13.3. The average Bonchev–Trinajstić information content (AvgIpc) is 3.36. The first kappa shape index (κ1) is 35.4. The van der Waals surface area contributed by atoms with Crippen LogP contribution in [0.25, 0.3) is 0 Å². The second-order valence-corrected chi connectivity index (χ2v) is 18.1. The van der Waals surface area contributed by atoms with Crippen LogP contribution in [0.3, 0.4) is 0 Å². The molecule has 9 nitrogen and oxygen atoms in total. The van der Waals surface area contributed by atoms with Crippen molar-refractivity contribution in [2.24, 2.45) is 7.05 Å². The molecule has 0 fully saturated rings. The number of hydrogen-bond donors (Lipinski definition) is 1. The molecule has 0 aliphatic heterocycles. The Morgan fingerprint density at radius 3 is 2.11 bits per heavy atom. The molecule has 0 radical (unpaired) electrons. The molecule has 0 amide bonds. The van der Waals surface area contributed by atoms with Crippen LogP contribution >= 0.6 is 11.8 Å². The summed E-state index contributed by atoms with van der Waals surface area (Å²) in [7, 11) is 5.81. The van der Waals surface area contributed by atoms with Gasteiger partial charge in [-0.05, 0) is 60.1 Å². The number of hydrogen-bond acceptors (Lipinski definition) is 9. The molecule has 4 rings (SSSR count). The zero-order valence-electron chi connectivity index (χ0n) is 28.4. The largest absolute Gasteiger partial charge is 0.497 e. The van der Waals surface area contributed by atoms with Crippen LogP contribution in [0.15, 0.2) is 76.8 Å². The summed E-state index contributed by atoms with van der Waals surface area (Å²) in [5, 5.41) is 12.6. The molecular weight excluding hydrogens is 621 g/mol. The van der Waals surface area contributed by atoms with Gasteiger partial charge in [0, 0.05) is 24.6 Å². The van der Waals surface area contributed by atoms with Crippen LogP contribution in [0.2, 0.25) is 18.1 Å². The Bertz CT molecular complexity index is 1590. The molecule has 0 saturated heterocycles. The SMILES string of the molecule is COCOc1c(C(O[Si](C)(C)C(C)(C)C)c2c(C(O)c3ccc(OC)cc3)nc(Sc3ccccc3)n2C)ccc(OC)c1OC.